The van der Waals surface area contributed by atoms with Crippen molar-refractivity contribution < 1.29 is 4.79 Å². The lowest BCUT2D eigenvalue weighted by molar-refractivity contribution is -0.132. The molecule has 2 N–H and O–H groups in total. The Morgan fingerprint density at radius 3 is 2.70 bits per heavy atom. The Hall–Kier alpha value is -1.10. The monoisotopic (exact) mass is 295 g/mol. The van der Waals surface area contributed by atoms with Crippen LogP contribution in [0.5, 0.6) is 0 Å². The SMILES string of the molecule is CCCC1CC(C(=O)N(C)Cc2ccc(Cl)cc2)NN1. The van der Waals surface area contributed by atoms with Crippen molar-refractivity contribution in [3.63, 3.8) is 0 Å². The molecule has 20 heavy (non-hydrogen) atoms. The van der Waals surface area contributed by atoms with Gasteiger partial charge in [0.05, 0.1) is 0 Å². The maximum absolute atomic E-state index is 12.4. The molecule has 5 heteroatoms. The van der Waals surface area contributed by atoms with Crippen LogP contribution in [0.15, 0.2) is 24.3 Å². The van der Waals surface area contributed by atoms with E-state index in [1.54, 1.807) is 4.90 Å². The number of amides is 1. The topological polar surface area (TPSA) is 44.4 Å². The van der Waals surface area contributed by atoms with Crippen LogP contribution in [0.1, 0.15) is 31.7 Å². The first-order valence-corrected chi connectivity index (χ1v) is 7.48. The molecule has 0 aliphatic carbocycles. The van der Waals surface area contributed by atoms with Crippen LogP contribution < -0.4 is 10.9 Å². The molecule has 1 aliphatic rings. The summed E-state index contributed by atoms with van der Waals surface area (Å²) in [5, 5.41) is 0.715. The highest BCUT2D eigenvalue weighted by molar-refractivity contribution is 6.30. The third kappa shape index (κ3) is 3.95. The van der Waals surface area contributed by atoms with Gasteiger partial charge in [-0.3, -0.25) is 10.2 Å². The van der Waals surface area contributed by atoms with Crippen LogP contribution in [0.4, 0.5) is 0 Å². The van der Waals surface area contributed by atoms with E-state index in [0.29, 0.717) is 17.6 Å². The minimum absolute atomic E-state index is 0.121. The fourth-order valence-corrected chi connectivity index (χ4v) is 2.66. The Balaban J connectivity index is 1.87. The van der Waals surface area contributed by atoms with E-state index in [0.717, 1.165) is 24.8 Å². The molecule has 1 aromatic rings. The van der Waals surface area contributed by atoms with Crippen molar-refractivity contribution in [3.05, 3.63) is 34.9 Å². The molecule has 1 amide bonds. The average Bonchev–Trinajstić information content (AvgIpc) is 2.89. The lowest BCUT2D eigenvalue weighted by Gasteiger charge is -2.21. The molecule has 0 aromatic heterocycles. The average molecular weight is 296 g/mol. The van der Waals surface area contributed by atoms with Crippen molar-refractivity contribution in [2.75, 3.05) is 7.05 Å². The predicted molar refractivity (Wildman–Crippen MR) is 81.3 cm³/mol. The summed E-state index contributed by atoms with van der Waals surface area (Å²) in [6.07, 6.45) is 3.08. The molecule has 4 nitrogen and oxygen atoms in total. The molecule has 110 valence electrons. The van der Waals surface area contributed by atoms with Crippen molar-refractivity contribution in [1.82, 2.24) is 15.8 Å². The first-order chi connectivity index (χ1) is 9.60. The molecule has 2 rings (SSSR count). The molecule has 0 radical (unpaired) electrons. The molecule has 0 saturated carbocycles. The molecular weight excluding hydrogens is 274 g/mol. The number of hydrogen-bond acceptors (Lipinski definition) is 3. The summed E-state index contributed by atoms with van der Waals surface area (Å²) in [5.41, 5.74) is 7.39. The third-order valence-electron chi connectivity index (χ3n) is 3.63. The molecule has 0 spiro atoms. The van der Waals surface area contributed by atoms with Crippen LogP contribution in [0.3, 0.4) is 0 Å². The lowest BCUT2D eigenvalue weighted by atomic mass is 10.1. The van der Waals surface area contributed by atoms with E-state index >= 15 is 0 Å². The van der Waals surface area contributed by atoms with Crippen molar-refractivity contribution in [3.8, 4) is 0 Å². The normalized spacial score (nSPS) is 21.9. The van der Waals surface area contributed by atoms with Gasteiger partial charge in [0.2, 0.25) is 5.91 Å². The second-order valence-corrected chi connectivity index (χ2v) is 5.82. The van der Waals surface area contributed by atoms with E-state index in [4.69, 9.17) is 11.6 Å². The maximum atomic E-state index is 12.4. The van der Waals surface area contributed by atoms with Crippen molar-refractivity contribution in [2.24, 2.45) is 0 Å². The van der Waals surface area contributed by atoms with Crippen LogP contribution in [-0.2, 0) is 11.3 Å². The zero-order valence-corrected chi connectivity index (χ0v) is 12.8. The van der Waals surface area contributed by atoms with E-state index in [-0.39, 0.29) is 11.9 Å². The summed E-state index contributed by atoms with van der Waals surface area (Å²) in [6.45, 7) is 2.76. The zero-order chi connectivity index (χ0) is 14.5. The molecule has 1 fully saturated rings. The Morgan fingerprint density at radius 2 is 2.05 bits per heavy atom. The number of hydrogen-bond donors (Lipinski definition) is 2. The van der Waals surface area contributed by atoms with Crippen LogP contribution in [-0.4, -0.2) is 29.9 Å². The van der Waals surface area contributed by atoms with Gasteiger partial charge < -0.3 is 4.90 Å². The highest BCUT2D eigenvalue weighted by Crippen LogP contribution is 2.14. The van der Waals surface area contributed by atoms with Crippen molar-refractivity contribution in [1.29, 1.82) is 0 Å². The van der Waals surface area contributed by atoms with Gasteiger partial charge in [0.15, 0.2) is 0 Å². The molecule has 1 aliphatic heterocycles. The maximum Gasteiger partial charge on any atom is 0.241 e. The van der Waals surface area contributed by atoms with Gasteiger partial charge in [-0.15, -0.1) is 0 Å². The van der Waals surface area contributed by atoms with Crippen LogP contribution >= 0.6 is 11.6 Å². The second kappa shape index (κ2) is 7.07. The molecular formula is C15H22ClN3O. The second-order valence-electron chi connectivity index (χ2n) is 5.38. The smallest absolute Gasteiger partial charge is 0.241 e. The van der Waals surface area contributed by atoms with Gasteiger partial charge in [-0.2, -0.15) is 0 Å². The van der Waals surface area contributed by atoms with E-state index in [1.165, 1.54) is 0 Å². The minimum Gasteiger partial charge on any atom is -0.340 e. The number of halogens is 1. The summed E-state index contributed by atoms with van der Waals surface area (Å²) >= 11 is 5.86. The summed E-state index contributed by atoms with van der Waals surface area (Å²) in [6, 6.07) is 7.88. The van der Waals surface area contributed by atoms with Crippen molar-refractivity contribution in [2.45, 2.75) is 44.8 Å². The van der Waals surface area contributed by atoms with E-state index in [2.05, 4.69) is 17.8 Å². The van der Waals surface area contributed by atoms with Gasteiger partial charge in [-0.05, 0) is 30.5 Å². The van der Waals surface area contributed by atoms with Crippen LogP contribution in [0.2, 0.25) is 5.02 Å². The number of nitrogens with one attached hydrogen (secondary N) is 2. The molecule has 2 unspecified atom stereocenters. The zero-order valence-electron chi connectivity index (χ0n) is 12.0. The minimum atomic E-state index is -0.121. The number of likely N-dealkylation sites (N-methyl/N-ethyl adjacent to an activating group) is 1. The summed E-state index contributed by atoms with van der Waals surface area (Å²) in [5.74, 6) is 0.131. The molecule has 1 heterocycles. The third-order valence-corrected chi connectivity index (χ3v) is 3.88. The van der Waals surface area contributed by atoms with Crippen molar-refractivity contribution >= 4 is 17.5 Å². The molecule has 0 bridgehead atoms. The quantitative estimate of drug-likeness (QED) is 0.876. The standard InChI is InChI=1S/C15H22ClN3O/c1-3-4-13-9-14(18-17-13)15(20)19(2)10-11-5-7-12(16)8-6-11/h5-8,13-14,17-18H,3-4,9-10H2,1-2H3. The molecule has 2 atom stereocenters. The number of rotatable bonds is 5. The lowest BCUT2D eigenvalue weighted by Crippen LogP contribution is -2.43. The van der Waals surface area contributed by atoms with E-state index < -0.39 is 0 Å². The van der Waals surface area contributed by atoms with Crippen LogP contribution in [0, 0.1) is 0 Å². The van der Waals surface area contributed by atoms with Gasteiger partial charge >= 0.3 is 0 Å². The Labute approximate surface area is 125 Å². The summed E-state index contributed by atoms with van der Waals surface area (Å²) < 4.78 is 0. The Morgan fingerprint density at radius 1 is 1.35 bits per heavy atom. The largest absolute Gasteiger partial charge is 0.340 e. The summed E-state index contributed by atoms with van der Waals surface area (Å²) in [7, 11) is 1.84. The van der Waals surface area contributed by atoms with Gasteiger partial charge in [-0.25, -0.2) is 5.43 Å². The fourth-order valence-electron chi connectivity index (χ4n) is 2.53. The highest BCUT2D eigenvalue weighted by atomic mass is 35.5. The van der Waals surface area contributed by atoms with E-state index in [1.807, 2.05) is 31.3 Å². The number of carbonyl (C=O) groups excluding carboxylic acids is 1. The predicted octanol–water partition coefficient (Wildman–Crippen LogP) is 2.33. The molecule has 1 saturated heterocycles. The highest BCUT2D eigenvalue weighted by Gasteiger charge is 2.30. The Kier molecular flexibility index (Phi) is 5.40. The first kappa shape index (κ1) is 15.3. The summed E-state index contributed by atoms with van der Waals surface area (Å²) in [4.78, 5) is 14.1. The van der Waals surface area contributed by atoms with Crippen LogP contribution in [0.25, 0.3) is 0 Å². The number of hydrazine groups is 1. The Bertz CT molecular complexity index is 449. The number of carbonyl (C=O) groups is 1. The number of nitrogens with zero attached hydrogens (tertiary/aromatic N) is 1. The van der Waals surface area contributed by atoms with Gasteiger partial charge in [0.1, 0.15) is 6.04 Å². The van der Waals surface area contributed by atoms with Gasteiger partial charge in [0, 0.05) is 24.7 Å². The fraction of sp³-hybridized carbons (Fsp3) is 0.533. The van der Waals surface area contributed by atoms with Gasteiger partial charge in [-0.1, -0.05) is 37.1 Å². The van der Waals surface area contributed by atoms with E-state index in [9.17, 15) is 4.79 Å². The number of benzene rings is 1. The van der Waals surface area contributed by atoms with Gasteiger partial charge in [0.25, 0.3) is 0 Å². The molecule has 1 aromatic carbocycles. The first-order valence-electron chi connectivity index (χ1n) is 7.10.